The minimum absolute atomic E-state index is 0.322. The number of hydrogen-bond acceptors (Lipinski definition) is 3. The maximum Gasteiger partial charge on any atom is 0.314 e. The molecule has 2 aromatic carbocycles. The van der Waals surface area contributed by atoms with Gasteiger partial charge < -0.3 is 20.0 Å². The SMILES string of the molecule is O=[PH](O)O.Oc1ccccc1.Oc1ccccc1. The maximum absolute atomic E-state index is 8.74. The summed E-state index contributed by atoms with van der Waals surface area (Å²) in [5.74, 6) is 0.644. The Morgan fingerprint density at radius 3 is 1.00 bits per heavy atom. The fraction of sp³-hybridized carbons (Fsp3) is 0. The molecule has 2 aromatic rings. The fourth-order valence-corrected chi connectivity index (χ4v) is 0.856. The molecule has 0 amide bonds. The molecule has 0 aromatic heterocycles. The zero-order valence-electron chi connectivity index (χ0n) is 9.47. The van der Waals surface area contributed by atoms with Crippen LogP contribution in [0.15, 0.2) is 60.7 Å². The molecule has 0 saturated carbocycles. The summed E-state index contributed by atoms with van der Waals surface area (Å²) in [6.45, 7) is 0. The van der Waals surface area contributed by atoms with Gasteiger partial charge in [-0.3, -0.25) is 4.57 Å². The van der Waals surface area contributed by atoms with Gasteiger partial charge in [0.05, 0.1) is 0 Å². The highest BCUT2D eigenvalue weighted by molar-refractivity contribution is 7.30. The van der Waals surface area contributed by atoms with E-state index in [0.717, 1.165) is 0 Å². The first kappa shape index (κ1) is 16.2. The lowest BCUT2D eigenvalue weighted by atomic mass is 10.3. The van der Waals surface area contributed by atoms with E-state index in [9.17, 15) is 0 Å². The third-order valence-corrected chi connectivity index (χ3v) is 1.51. The Morgan fingerprint density at radius 1 is 0.667 bits per heavy atom. The van der Waals surface area contributed by atoms with Gasteiger partial charge in [-0.25, -0.2) is 0 Å². The van der Waals surface area contributed by atoms with Crippen molar-refractivity contribution in [1.29, 1.82) is 0 Å². The monoisotopic (exact) mass is 270 g/mol. The Hall–Kier alpha value is -1.81. The summed E-state index contributed by atoms with van der Waals surface area (Å²) in [4.78, 5) is 14.3. The molecule has 0 fully saturated rings. The molecule has 4 N–H and O–H groups in total. The topological polar surface area (TPSA) is 98.0 Å². The molecular formula is C12H15O5P. The van der Waals surface area contributed by atoms with E-state index in [-0.39, 0.29) is 0 Å². The molecule has 18 heavy (non-hydrogen) atoms. The van der Waals surface area contributed by atoms with Gasteiger partial charge in [0.2, 0.25) is 0 Å². The normalized spacial score (nSPS) is 8.61. The smallest absolute Gasteiger partial charge is 0.314 e. The number of phenols is 2. The highest BCUT2D eigenvalue weighted by atomic mass is 31.1. The van der Waals surface area contributed by atoms with E-state index >= 15 is 0 Å². The van der Waals surface area contributed by atoms with Gasteiger partial charge in [0.1, 0.15) is 11.5 Å². The Bertz CT molecular complexity index is 391. The first-order valence-corrected chi connectivity index (χ1v) is 6.22. The number of hydrogen-bond donors (Lipinski definition) is 4. The first-order valence-electron chi connectivity index (χ1n) is 4.92. The molecule has 2 rings (SSSR count). The van der Waals surface area contributed by atoms with E-state index in [2.05, 4.69) is 0 Å². The van der Waals surface area contributed by atoms with Crippen molar-refractivity contribution in [3.05, 3.63) is 60.7 Å². The summed E-state index contributed by atoms with van der Waals surface area (Å²) in [6.07, 6.45) is 0. The Labute approximate surface area is 106 Å². The summed E-state index contributed by atoms with van der Waals surface area (Å²) >= 11 is 0. The van der Waals surface area contributed by atoms with E-state index in [0.29, 0.717) is 11.5 Å². The highest BCUT2D eigenvalue weighted by Gasteiger charge is 1.75. The number of rotatable bonds is 0. The molecule has 0 bridgehead atoms. The van der Waals surface area contributed by atoms with Gasteiger partial charge in [0.25, 0.3) is 0 Å². The molecule has 0 radical (unpaired) electrons. The predicted molar refractivity (Wildman–Crippen MR) is 69.7 cm³/mol. The van der Waals surface area contributed by atoms with Crippen LogP contribution in [0.4, 0.5) is 0 Å². The van der Waals surface area contributed by atoms with Crippen LogP contribution in [0.1, 0.15) is 0 Å². The van der Waals surface area contributed by atoms with Gasteiger partial charge >= 0.3 is 8.25 Å². The van der Waals surface area contributed by atoms with Crippen molar-refractivity contribution in [3.63, 3.8) is 0 Å². The van der Waals surface area contributed by atoms with Crippen molar-refractivity contribution in [2.45, 2.75) is 0 Å². The molecule has 0 saturated heterocycles. The number of benzene rings is 2. The quantitative estimate of drug-likeness (QED) is 0.550. The maximum atomic E-state index is 8.74. The molecule has 0 heterocycles. The van der Waals surface area contributed by atoms with Crippen LogP contribution in [0.25, 0.3) is 0 Å². The Morgan fingerprint density at radius 2 is 0.889 bits per heavy atom. The fourth-order valence-electron chi connectivity index (χ4n) is 0.856. The number of aromatic hydroxyl groups is 2. The van der Waals surface area contributed by atoms with Crippen molar-refractivity contribution in [1.82, 2.24) is 0 Å². The van der Waals surface area contributed by atoms with Crippen LogP contribution in [0.5, 0.6) is 11.5 Å². The van der Waals surface area contributed by atoms with Crippen LogP contribution in [0, 0.1) is 0 Å². The molecule has 0 aliphatic carbocycles. The second kappa shape index (κ2) is 10.4. The molecular weight excluding hydrogens is 255 g/mol. The van der Waals surface area contributed by atoms with Crippen molar-refractivity contribution < 1.29 is 24.6 Å². The molecule has 98 valence electrons. The van der Waals surface area contributed by atoms with Crippen molar-refractivity contribution in [2.75, 3.05) is 0 Å². The summed E-state index contributed by atoms with van der Waals surface area (Å²) in [5, 5.41) is 17.3. The van der Waals surface area contributed by atoms with Gasteiger partial charge in [0, 0.05) is 0 Å². The summed E-state index contributed by atoms with van der Waals surface area (Å²) in [7, 11) is -3.13. The van der Waals surface area contributed by atoms with E-state index in [1.165, 1.54) is 0 Å². The Balaban J connectivity index is 0.000000253. The second-order valence-corrected chi connectivity index (χ2v) is 3.52. The third-order valence-electron chi connectivity index (χ3n) is 1.51. The zero-order valence-corrected chi connectivity index (χ0v) is 10.5. The molecule has 0 spiro atoms. The minimum atomic E-state index is -3.13. The average molecular weight is 270 g/mol. The lowest BCUT2D eigenvalue weighted by molar-refractivity contribution is 0.405. The summed E-state index contributed by atoms with van der Waals surface area (Å²) < 4.78 is 8.74. The van der Waals surface area contributed by atoms with Crippen LogP contribution in [-0.2, 0) is 4.57 Å². The van der Waals surface area contributed by atoms with E-state index in [4.69, 9.17) is 24.6 Å². The van der Waals surface area contributed by atoms with Gasteiger partial charge in [-0.2, -0.15) is 0 Å². The zero-order chi connectivity index (χ0) is 13.8. The van der Waals surface area contributed by atoms with Gasteiger partial charge in [-0.1, -0.05) is 36.4 Å². The van der Waals surface area contributed by atoms with E-state index in [1.54, 1.807) is 48.5 Å². The lowest BCUT2D eigenvalue weighted by Gasteiger charge is -1.82. The third kappa shape index (κ3) is 12.3. The molecule has 0 unspecified atom stereocenters. The lowest BCUT2D eigenvalue weighted by Crippen LogP contribution is -1.56. The summed E-state index contributed by atoms with van der Waals surface area (Å²) in [6, 6.07) is 17.4. The number of para-hydroxylation sites is 2. The van der Waals surface area contributed by atoms with Gasteiger partial charge in [-0.05, 0) is 24.3 Å². The predicted octanol–water partition coefficient (Wildman–Crippen LogP) is 2.15. The van der Waals surface area contributed by atoms with Crippen LogP contribution in [0.3, 0.4) is 0 Å². The molecule has 6 heteroatoms. The van der Waals surface area contributed by atoms with Crippen LogP contribution >= 0.6 is 8.25 Å². The highest BCUT2D eigenvalue weighted by Crippen LogP contribution is 2.03. The van der Waals surface area contributed by atoms with Crippen molar-refractivity contribution in [2.24, 2.45) is 0 Å². The van der Waals surface area contributed by atoms with Crippen LogP contribution in [0.2, 0.25) is 0 Å². The largest absolute Gasteiger partial charge is 0.508 e. The molecule has 5 nitrogen and oxygen atoms in total. The van der Waals surface area contributed by atoms with Gasteiger partial charge in [0.15, 0.2) is 0 Å². The molecule has 0 aliphatic rings. The van der Waals surface area contributed by atoms with E-state index < -0.39 is 8.25 Å². The van der Waals surface area contributed by atoms with Crippen LogP contribution < -0.4 is 0 Å². The second-order valence-electron chi connectivity index (χ2n) is 2.95. The Kier molecular flexibility index (Phi) is 9.31. The first-order chi connectivity index (χ1) is 8.52. The number of phenolic OH excluding ortho intramolecular Hbond substituents is 2. The van der Waals surface area contributed by atoms with Crippen molar-refractivity contribution in [3.8, 4) is 11.5 Å². The van der Waals surface area contributed by atoms with Crippen molar-refractivity contribution >= 4 is 8.25 Å². The summed E-state index contributed by atoms with van der Waals surface area (Å²) in [5.41, 5.74) is 0. The molecule has 0 atom stereocenters. The minimum Gasteiger partial charge on any atom is -0.508 e. The average Bonchev–Trinajstić information content (AvgIpc) is 2.31. The van der Waals surface area contributed by atoms with E-state index in [1.807, 2.05) is 12.1 Å². The van der Waals surface area contributed by atoms with Crippen LogP contribution in [-0.4, -0.2) is 20.0 Å². The standard InChI is InChI=1S/2C6H6O.H3O3P/c2*7-6-4-2-1-3-5-6;1-4(2)3/h2*1-5,7H;4H,(H2,1,2,3). The van der Waals surface area contributed by atoms with Gasteiger partial charge in [-0.15, -0.1) is 0 Å². The molecule has 0 aliphatic heterocycles.